The molecule has 0 spiro atoms. The number of H-pyrrole nitrogens is 1. The van der Waals surface area contributed by atoms with E-state index in [-0.39, 0.29) is 29.4 Å². The second-order valence-electron chi connectivity index (χ2n) is 3.28. The lowest BCUT2D eigenvalue weighted by atomic mass is 10.1. The number of aromatic nitrogens is 2. The zero-order valence-electron chi connectivity index (χ0n) is 8.47. The number of nitrogens with two attached hydrogens (primary N) is 1. The van der Waals surface area contributed by atoms with Crippen LogP contribution in [-0.2, 0) is 6.54 Å². The Balaban J connectivity index is 2.63. The number of benzene rings is 1. The van der Waals surface area contributed by atoms with E-state index in [1.54, 1.807) is 24.3 Å². The Morgan fingerprint density at radius 3 is 2.56 bits per heavy atom. The predicted octanol–water partition coefficient (Wildman–Crippen LogP) is 0.601. The van der Waals surface area contributed by atoms with Crippen molar-refractivity contribution >= 4 is 0 Å². The van der Waals surface area contributed by atoms with Gasteiger partial charge in [0.05, 0.1) is 6.54 Å². The van der Waals surface area contributed by atoms with Gasteiger partial charge in [-0.25, -0.2) is 0 Å². The molecule has 0 fully saturated rings. The summed E-state index contributed by atoms with van der Waals surface area (Å²) in [6.45, 7) is 0.0812. The maximum absolute atomic E-state index is 11.7. The molecule has 0 aliphatic rings. The van der Waals surface area contributed by atoms with Gasteiger partial charge in [0.2, 0.25) is 5.88 Å². The van der Waals surface area contributed by atoms with Gasteiger partial charge < -0.3 is 15.8 Å². The SMILES string of the molecule is NCc1nc(O)c(-c2ccccc2)c(=O)[nH]1. The minimum atomic E-state index is -0.390. The van der Waals surface area contributed by atoms with Gasteiger partial charge in [0.1, 0.15) is 11.4 Å². The second-order valence-corrected chi connectivity index (χ2v) is 3.28. The highest BCUT2D eigenvalue weighted by atomic mass is 16.3. The molecule has 0 unspecified atom stereocenters. The average Bonchev–Trinajstić information content (AvgIpc) is 2.29. The Morgan fingerprint density at radius 2 is 2.00 bits per heavy atom. The molecule has 0 saturated heterocycles. The number of nitrogens with one attached hydrogen (secondary N) is 1. The van der Waals surface area contributed by atoms with Crippen LogP contribution in [-0.4, -0.2) is 15.1 Å². The third-order valence-electron chi connectivity index (χ3n) is 2.21. The molecule has 0 amide bonds. The molecule has 0 aliphatic carbocycles. The van der Waals surface area contributed by atoms with Crippen LogP contribution in [0, 0.1) is 0 Å². The van der Waals surface area contributed by atoms with Gasteiger partial charge in [-0.1, -0.05) is 30.3 Å². The van der Waals surface area contributed by atoms with Crippen molar-refractivity contribution in [2.24, 2.45) is 5.73 Å². The molecule has 0 saturated carbocycles. The van der Waals surface area contributed by atoms with Gasteiger partial charge in [-0.15, -0.1) is 0 Å². The van der Waals surface area contributed by atoms with E-state index in [2.05, 4.69) is 9.97 Å². The lowest BCUT2D eigenvalue weighted by Crippen LogP contribution is -2.16. The van der Waals surface area contributed by atoms with Crippen molar-refractivity contribution in [2.75, 3.05) is 0 Å². The Bertz CT molecular complexity index is 549. The van der Waals surface area contributed by atoms with Crippen molar-refractivity contribution in [3.63, 3.8) is 0 Å². The summed E-state index contributed by atoms with van der Waals surface area (Å²) in [5.74, 6) is -0.0300. The first-order valence-corrected chi connectivity index (χ1v) is 4.80. The molecule has 1 aromatic heterocycles. The zero-order chi connectivity index (χ0) is 11.5. The molecule has 5 nitrogen and oxygen atoms in total. The monoisotopic (exact) mass is 217 g/mol. The van der Waals surface area contributed by atoms with Crippen molar-refractivity contribution < 1.29 is 5.11 Å². The van der Waals surface area contributed by atoms with E-state index in [1.807, 2.05) is 6.07 Å². The second kappa shape index (κ2) is 4.16. The highest BCUT2D eigenvalue weighted by molar-refractivity contribution is 5.66. The van der Waals surface area contributed by atoms with Crippen LogP contribution >= 0.6 is 0 Å². The fourth-order valence-corrected chi connectivity index (χ4v) is 1.47. The number of hydrogen-bond acceptors (Lipinski definition) is 4. The van der Waals surface area contributed by atoms with Gasteiger partial charge in [0.25, 0.3) is 5.56 Å². The zero-order valence-corrected chi connectivity index (χ0v) is 8.47. The van der Waals surface area contributed by atoms with Crippen LogP contribution in [0.2, 0.25) is 0 Å². The standard InChI is InChI=1S/C11H11N3O2/c12-6-8-13-10(15)9(11(16)14-8)7-4-2-1-3-5-7/h1-5H,6,12H2,(H2,13,14,15,16). The van der Waals surface area contributed by atoms with Crippen LogP contribution in [0.5, 0.6) is 5.88 Å². The van der Waals surface area contributed by atoms with Crippen LogP contribution < -0.4 is 11.3 Å². The first-order chi connectivity index (χ1) is 7.72. The Labute approximate surface area is 91.6 Å². The molecule has 2 aromatic rings. The first-order valence-electron chi connectivity index (χ1n) is 4.80. The third kappa shape index (κ3) is 1.80. The molecule has 82 valence electrons. The van der Waals surface area contributed by atoms with Gasteiger partial charge in [-0.2, -0.15) is 4.98 Å². The smallest absolute Gasteiger partial charge is 0.262 e. The van der Waals surface area contributed by atoms with E-state index in [1.165, 1.54) is 0 Å². The van der Waals surface area contributed by atoms with E-state index in [0.717, 1.165) is 0 Å². The highest BCUT2D eigenvalue weighted by Gasteiger charge is 2.11. The van der Waals surface area contributed by atoms with Crippen LogP contribution in [0.4, 0.5) is 0 Å². The van der Waals surface area contributed by atoms with Crippen LogP contribution in [0.1, 0.15) is 5.82 Å². The topological polar surface area (TPSA) is 92.0 Å². The van der Waals surface area contributed by atoms with Crippen molar-refractivity contribution in [1.29, 1.82) is 0 Å². The molecule has 1 aromatic carbocycles. The maximum atomic E-state index is 11.7. The lowest BCUT2D eigenvalue weighted by Gasteiger charge is -2.04. The summed E-state index contributed by atoms with van der Waals surface area (Å²) in [5, 5.41) is 9.67. The molecule has 2 rings (SSSR count). The van der Waals surface area contributed by atoms with Crippen molar-refractivity contribution in [1.82, 2.24) is 9.97 Å². The molecular formula is C11H11N3O2. The molecule has 0 atom stereocenters. The number of hydrogen-bond donors (Lipinski definition) is 3. The van der Waals surface area contributed by atoms with E-state index in [9.17, 15) is 9.90 Å². The van der Waals surface area contributed by atoms with E-state index < -0.39 is 0 Å². The summed E-state index contributed by atoms with van der Waals surface area (Å²) in [4.78, 5) is 18.0. The molecule has 1 heterocycles. The van der Waals surface area contributed by atoms with Crippen molar-refractivity contribution in [3.8, 4) is 17.0 Å². The molecule has 0 radical (unpaired) electrons. The number of aromatic amines is 1. The minimum Gasteiger partial charge on any atom is -0.493 e. The maximum Gasteiger partial charge on any atom is 0.262 e. The molecular weight excluding hydrogens is 206 g/mol. The highest BCUT2D eigenvalue weighted by Crippen LogP contribution is 2.22. The summed E-state index contributed by atoms with van der Waals surface area (Å²) in [7, 11) is 0. The molecule has 0 bridgehead atoms. The minimum absolute atomic E-state index is 0.0812. The van der Waals surface area contributed by atoms with Gasteiger partial charge in [0.15, 0.2) is 0 Å². The van der Waals surface area contributed by atoms with Crippen LogP contribution in [0.3, 0.4) is 0 Å². The molecule has 16 heavy (non-hydrogen) atoms. The summed E-state index contributed by atoms with van der Waals surface area (Å²) in [5.41, 5.74) is 5.73. The van der Waals surface area contributed by atoms with Gasteiger partial charge >= 0.3 is 0 Å². The molecule has 4 N–H and O–H groups in total. The van der Waals surface area contributed by atoms with Gasteiger partial charge in [0, 0.05) is 0 Å². The Morgan fingerprint density at radius 1 is 1.31 bits per heavy atom. The van der Waals surface area contributed by atoms with E-state index in [0.29, 0.717) is 5.56 Å². The number of aromatic hydroxyl groups is 1. The van der Waals surface area contributed by atoms with Gasteiger partial charge in [-0.05, 0) is 5.56 Å². The normalized spacial score (nSPS) is 10.3. The van der Waals surface area contributed by atoms with Crippen molar-refractivity contribution in [3.05, 3.63) is 46.5 Å². The first kappa shape index (κ1) is 10.4. The summed E-state index contributed by atoms with van der Waals surface area (Å²) < 4.78 is 0. The Kier molecular flexibility index (Phi) is 2.70. The van der Waals surface area contributed by atoms with E-state index >= 15 is 0 Å². The number of rotatable bonds is 2. The number of nitrogens with zero attached hydrogens (tertiary/aromatic N) is 1. The predicted molar refractivity (Wildman–Crippen MR) is 59.8 cm³/mol. The fourth-order valence-electron chi connectivity index (χ4n) is 1.47. The molecule has 5 heteroatoms. The van der Waals surface area contributed by atoms with Crippen LogP contribution in [0.15, 0.2) is 35.1 Å². The fraction of sp³-hybridized carbons (Fsp3) is 0.0909. The van der Waals surface area contributed by atoms with Crippen molar-refractivity contribution in [2.45, 2.75) is 6.54 Å². The third-order valence-corrected chi connectivity index (χ3v) is 2.21. The summed E-state index contributed by atoms with van der Waals surface area (Å²) >= 11 is 0. The summed E-state index contributed by atoms with van der Waals surface area (Å²) in [6, 6.07) is 8.86. The lowest BCUT2D eigenvalue weighted by molar-refractivity contribution is 0.450. The summed E-state index contributed by atoms with van der Waals surface area (Å²) in [6.07, 6.45) is 0. The largest absolute Gasteiger partial charge is 0.493 e. The quantitative estimate of drug-likeness (QED) is 0.686. The molecule has 0 aliphatic heterocycles. The Hall–Kier alpha value is -2.14. The average molecular weight is 217 g/mol. The van der Waals surface area contributed by atoms with Gasteiger partial charge in [-0.3, -0.25) is 4.79 Å². The van der Waals surface area contributed by atoms with Crippen LogP contribution in [0.25, 0.3) is 11.1 Å². The van der Waals surface area contributed by atoms with E-state index in [4.69, 9.17) is 5.73 Å².